The number of hydrogen-bond acceptors (Lipinski definition) is 6. The second-order valence-electron chi connectivity index (χ2n) is 6.74. The van der Waals surface area contributed by atoms with Gasteiger partial charge in [-0.1, -0.05) is 12.1 Å². The average molecular weight is 401 g/mol. The lowest BCUT2D eigenvalue weighted by atomic mass is 9.94. The lowest BCUT2D eigenvalue weighted by Gasteiger charge is -2.27. The monoisotopic (exact) mass is 401 g/mol. The number of methoxy groups -OCH3 is 1. The van der Waals surface area contributed by atoms with Gasteiger partial charge in [0.05, 0.1) is 31.0 Å². The highest BCUT2D eigenvalue weighted by atomic mass is 32.2. The second-order valence-corrected chi connectivity index (χ2v) is 7.97. The van der Waals surface area contributed by atoms with Crippen molar-refractivity contribution in [2.75, 3.05) is 26.8 Å². The molecule has 0 aliphatic carbocycles. The van der Waals surface area contributed by atoms with Gasteiger partial charge >= 0.3 is 0 Å². The van der Waals surface area contributed by atoms with Crippen LogP contribution in [0.25, 0.3) is 0 Å². The third-order valence-electron chi connectivity index (χ3n) is 5.00. The lowest BCUT2D eigenvalue weighted by Crippen LogP contribution is -2.38. The first-order valence-electron chi connectivity index (χ1n) is 9.14. The van der Waals surface area contributed by atoms with E-state index in [9.17, 15) is 14.9 Å². The predicted molar refractivity (Wildman–Crippen MR) is 105 cm³/mol. The van der Waals surface area contributed by atoms with Crippen LogP contribution in [0.3, 0.4) is 0 Å². The zero-order valence-corrected chi connectivity index (χ0v) is 16.5. The number of nitrogens with zero attached hydrogens (tertiary/aromatic N) is 2. The Morgan fingerprint density at radius 1 is 1.46 bits per heavy atom. The number of aliphatic hydroxyl groups is 1. The Labute approximate surface area is 168 Å². The molecular formula is C20H23N3O4S. The van der Waals surface area contributed by atoms with Gasteiger partial charge < -0.3 is 20.1 Å². The number of thioether (sulfide) groups is 1. The molecule has 7 nitrogen and oxygen atoms in total. The van der Waals surface area contributed by atoms with Gasteiger partial charge in [0, 0.05) is 17.9 Å². The predicted octanol–water partition coefficient (Wildman–Crippen LogP) is 1.44. The number of ether oxygens (including phenoxy) is 1. The highest BCUT2D eigenvalue weighted by Gasteiger charge is 2.39. The standard InChI is InChI=1S/C20H23N3O4S/c1-27-14-4-2-3-13(9-14)5-6-18(25)22-20-16(10-21)15-7-8-23(19(26)12-24)11-17(15)28-20/h2-4,9,16,20,24H,5-8,11-12H2,1H3,(H,22,25). The van der Waals surface area contributed by atoms with E-state index in [1.54, 1.807) is 12.0 Å². The van der Waals surface area contributed by atoms with E-state index in [1.165, 1.54) is 11.8 Å². The summed E-state index contributed by atoms with van der Waals surface area (Å²) in [5.74, 6) is -0.0463. The molecule has 2 unspecified atom stereocenters. The van der Waals surface area contributed by atoms with Crippen LogP contribution in [0.4, 0.5) is 0 Å². The average Bonchev–Trinajstić information content (AvgIpc) is 3.07. The number of amides is 2. The molecule has 8 heteroatoms. The van der Waals surface area contributed by atoms with Crippen LogP contribution < -0.4 is 10.1 Å². The summed E-state index contributed by atoms with van der Waals surface area (Å²) in [5.41, 5.74) is 2.02. The number of rotatable bonds is 6. The van der Waals surface area contributed by atoms with Crippen molar-refractivity contribution in [3.63, 3.8) is 0 Å². The topological polar surface area (TPSA) is 103 Å². The van der Waals surface area contributed by atoms with E-state index < -0.39 is 6.61 Å². The van der Waals surface area contributed by atoms with Gasteiger partial charge in [-0.25, -0.2) is 0 Å². The normalized spacial score (nSPS) is 21.1. The molecule has 28 heavy (non-hydrogen) atoms. The van der Waals surface area contributed by atoms with Crippen LogP contribution in [0.2, 0.25) is 0 Å². The first-order chi connectivity index (χ1) is 13.5. The lowest BCUT2D eigenvalue weighted by molar-refractivity contribution is -0.133. The minimum Gasteiger partial charge on any atom is -0.497 e. The van der Waals surface area contributed by atoms with Gasteiger partial charge in [0.25, 0.3) is 0 Å². The minimum absolute atomic E-state index is 0.108. The number of hydrogen-bond donors (Lipinski definition) is 2. The Kier molecular flexibility index (Phi) is 6.60. The van der Waals surface area contributed by atoms with Gasteiger partial charge in [-0.15, -0.1) is 11.8 Å². The van der Waals surface area contributed by atoms with Crippen LogP contribution in [0.1, 0.15) is 18.4 Å². The van der Waals surface area contributed by atoms with Crippen molar-refractivity contribution in [2.24, 2.45) is 5.92 Å². The molecule has 1 aromatic rings. The zero-order valence-electron chi connectivity index (χ0n) is 15.7. The molecule has 2 aliphatic heterocycles. The van der Waals surface area contributed by atoms with Gasteiger partial charge in [0.1, 0.15) is 12.4 Å². The highest BCUT2D eigenvalue weighted by molar-refractivity contribution is 8.04. The van der Waals surface area contributed by atoms with Crippen LogP contribution in [0.15, 0.2) is 34.7 Å². The third kappa shape index (κ3) is 4.49. The molecule has 0 aromatic heterocycles. The number of carbonyl (C=O) groups excluding carboxylic acids is 2. The molecule has 148 valence electrons. The fraction of sp³-hybridized carbons (Fsp3) is 0.450. The Balaban J connectivity index is 1.57. The van der Waals surface area contributed by atoms with Gasteiger partial charge in [0.15, 0.2) is 0 Å². The maximum atomic E-state index is 12.4. The number of nitrogens with one attached hydrogen (secondary N) is 1. The molecule has 1 aromatic carbocycles. The molecule has 0 fully saturated rings. The first kappa shape index (κ1) is 20.2. The van der Waals surface area contributed by atoms with Crippen LogP contribution in [0, 0.1) is 17.2 Å². The van der Waals surface area contributed by atoms with Crippen LogP contribution in [-0.4, -0.2) is 54.0 Å². The van der Waals surface area contributed by atoms with Crippen LogP contribution in [0.5, 0.6) is 5.75 Å². The van der Waals surface area contributed by atoms with Crippen molar-refractivity contribution in [2.45, 2.75) is 24.6 Å². The fourth-order valence-corrected chi connectivity index (χ4v) is 4.95. The zero-order chi connectivity index (χ0) is 20.1. The summed E-state index contributed by atoms with van der Waals surface area (Å²) in [4.78, 5) is 26.7. The molecule has 2 N–H and O–H groups in total. The number of carbonyl (C=O) groups is 2. The molecule has 0 bridgehead atoms. The van der Waals surface area contributed by atoms with Gasteiger partial charge in [-0.05, 0) is 36.1 Å². The Morgan fingerprint density at radius 3 is 3.00 bits per heavy atom. The fourth-order valence-electron chi connectivity index (χ4n) is 3.48. The largest absolute Gasteiger partial charge is 0.497 e. The third-order valence-corrected chi connectivity index (χ3v) is 6.32. The first-order valence-corrected chi connectivity index (χ1v) is 10.0. The van der Waals surface area contributed by atoms with E-state index in [2.05, 4.69) is 11.4 Å². The molecule has 2 amide bonds. The number of aliphatic hydroxyl groups excluding tert-OH is 1. The van der Waals surface area contributed by atoms with Crippen molar-refractivity contribution < 1.29 is 19.4 Å². The van der Waals surface area contributed by atoms with Crippen LogP contribution in [-0.2, 0) is 16.0 Å². The van der Waals surface area contributed by atoms with Gasteiger partial charge in [-0.2, -0.15) is 5.26 Å². The van der Waals surface area contributed by atoms with E-state index >= 15 is 0 Å². The molecule has 2 atom stereocenters. The van der Waals surface area contributed by atoms with E-state index in [1.807, 2.05) is 24.3 Å². The van der Waals surface area contributed by atoms with Crippen molar-refractivity contribution >= 4 is 23.6 Å². The quantitative estimate of drug-likeness (QED) is 0.748. The second kappa shape index (κ2) is 9.13. The summed E-state index contributed by atoms with van der Waals surface area (Å²) < 4.78 is 5.20. The molecular weight excluding hydrogens is 378 g/mol. The van der Waals surface area contributed by atoms with E-state index in [4.69, 9.17) is 9.84 Å². The Bertz CT molecular complexity index is 833. The Hall–Kier alpha value is -2.50. The van der Waals surface area contributed by atoms with Crippen LogP contribution >= 0.6 is 11.8 Å². The summed E-state index contributed by atoms with van der Waals surface area (Å²) in [7, 11) is 1.61. The Morgan fingerprint density at radius 2 is 2.29 bits per heavy atom. The van der Waals surface area contributed by atoms with Crippen molar-refractivity contribution in [3.8, 4) is 11.8 Å². The number of nitriles is 1. The number of benzene rings is 1. The molecule has 3 rings (SSSR count). The SMILES string of the molecule is COc1cccc(CCC(=O)NC2SC3=C(CCN(C(=O)CO)C3)C2C#N)c1. The molecule has 0 radical (unpaired) electrons. The molecule has 2 heterocycles. The molecule has 0 saturated heterocycles. The van der Waals surface area contributed by atoms with Gasteiger partial charge in [0.2, 0.25) is 11.8 Å². The molecule has 0 spiro atoms. The smallest absolute Gasteiger partial charge is 0.248 e. The summed E-state index contributed by atoms with van der Waals surface area (Å²) >= 11 is 1.44. The molecule has 0 saturated carbocycles. The van der Waals surface area contributed by atoms with E-state index in [0.29, 0.717) is 32.4 Å². The van der Waals surface area contributed by atoms with Gasteiger partial charge in [-0.3, -0.25) is 9.59 Å². The summed E-state index contributed by atoms with van der Waals surface area (Å²) in [6, 6.07) is 9.91. The van der Waals surface area contributed by atoms with Crippen molar-refractivity contribution in [3.05, 3.63) is 40.3 Å². The van der Waals surface area contributed by atoms with E-state index in [-0.39, 0.29) is 23.1 Å². The highest BCUT2D eigenvalue weighted by Crippen LogP contribution is 2.44. The summed E-state index contributed by atoms with van der Waals surface area (Å²) in [6.07, 6.45) is 1.51. The number of aryl methyl sites for hydroxylation is 1. The van der Waals surface area contributed by atoms with Crippen molar-refractivity contribution in [1.29, 1.82) is 5.26 Å². The van der Waals surface area contributed by atoms with E-state index in [0.717, 1.165) is 21.8 Å². The maximum Gasteiger partial charge on any atom is 0.248 e. The minimum atomic E-state index is -0.514. The van der Waals surface area contributed by atoms with Crippen molar-refractivity contribution in [1.82, 2.24) is 10.2 Å². The summed E-state index contributed by atoms with van der Waals surface area (Å²) in [6.45, 7) is 0.376. The maximum absolute atomic E-state index is 12.4. The summed E-state index contributed by atoms with van der Waals surface area (Å²) in [5, 5.41) is 21.3. The molecule has 2 aliphatic rings.